The molecule has 2 nitrogen and oxygen atoms in total. The van der Waals surface area contributed by atoms with E-state index in [9.17, 15) is 0 Å². The van der Waals surface area contributed by atoms with Crippen LogP contribution in [0.25, 0.3) is 0 Å². The monoisotopic (exact) mass is 265 g/mol. The Labute approximate surface area is 98.0 Å². The molecule has 0 atom stereocenters. The third-order valence-electron chi connectivity index (χ3n) is 2.54. The zero-order chi connectivity index (χ0) is 10.7. The van der Waals surface area contributed by atoms with E-state index in [4.69, 9.17) is 10.00 Å². The van der Waals surface area contributed by atoms with Gasteiger partial charge in [-0.1, -0.05) is 28.8 Å². The van der Waals surface area contributed by atoms with Crippen molar-refractivity contribution in [3.05, 3.63) is 28.2 Å². The molecule has 78 valence electrons. The zero-order valence-electron chi connectivity index (χ0n) is 8.37. The first kappa shape index (κ1) is 10.5. The van der Waals surface area contributed by atoms with Crippen LogP contribution < -0.4 is 4.74 Å². The van der Waals surface area contributed by atoms with E-state index in [0.717, 1.165) is 23.4 Å². The van der Waals surface area contributed by atoms with Crippen molar-refractivity contribution in [1.82, 2.24) is 0 Å². The van der Waals surface area contributed by atoms with Gasteiger partial charge in [-0.05, 0) is 30.5 Å². The minimum Gasteiger partial charge on any atom is -0.492 e. The third-order valence-corrected chi connectivity index (χ3v) is 3.04. The van der Waals surface area contributed by atoms with Crippen molar-refractivity contribution in [2.75, 3.05) is 6.61 Å². The van der Waals surface area contributed by atoms with Gasteiger partial charge in [-0.3, -0.25) is 0 Å². The molecule has 1 aliphatic carbocycles. The molecule has 2 rings (SSSR count). The van der Waals surface area contributed by atoms with E-state index < -0.39 is 0 Å². The Kier molecular flexibility index (Phi) is 3.27. The van der Waals surface area contributed by atoms with E-state index in [2.05, 4.69) is 22.0 Å². The van der Waals surface area contributed by atoms with Gasteiger partial charge in [0, 0.05) is 4.47 Å². The van der Waals surface area contributed by atoms with Crippen LogP contribution in [0.4, 0.5) is 0 Å². The van der Waals surface area contributed by atoms with Crippen molar-refractivity contribution in [2.24, 2.45) is 5.92 Å². The minimum atomic E-state index is 0.606. The maximum absolute atomic E-state index is 8.88. The molecule has 1 aromatic rings. The van der Waals surface area contributed by atoms with Crippen LogP contribution in [0.3, 0.4) is 0 Å². The molecule has 0 heterocycles. The number of benzene rings is 1. The van der Waals surface area contributed by atoms with Crippen LogP contribution in [0, 0.1) is 17.2 Å². The van der Waals surface area contributed by atoms with Crippen molar-refractivity contribution in [1.29, 1.82) is 5.26 Å². The molecule has 0 bridgehead atoms. The summed E-state index contributed by atoms with van der Waals surface area (Å²) in [6.45, 7) is 0.718. The van der Waals surface area contributed by atoms with Gasteiger partial charge in [-0.2, -0.15) is 5.26 Å². The quantitative estimate of drug-likeness (QED) is 0.835. The number of rotatable bonds is 4. The summed E-state index contributed by atoms with van der Waals surface area (Å²) in [5.74, 6) is 1.55. The molecule has 1 fully saturated rings. The smallest absolute Gasteiger partial charge is 0.138 e. The van der Waals surface area contributed by atoms with Crippen LogP contribution >= 0.6 is 15.9 Å². The summed E-state index contributed by atoms with van der Waals surface area (Å²) in [6, 6.07) is 7.61. The SMILES string of the molecule is N#Cc1ccc(Br)cc1OCCC1CC1. The van der Waals surface area contributed by atoms with E-state index >= 15 is 0 Å². The summed E-state index contributed by atoms with van der Waals surface area (Å²) in [5.41, 5.74) is 0.606. The van der Waals surface area contributed by atoms with Gasteiger partial charge in [0.25, 0.3) is 0 Å². The molecule has 0 aliphatic heterocycles. The van der Waals surface area contributed by atoms with Crippen molar-refractivity contribution in [2.45, 2.75) is 19.3 Å². The Bertz CT molecular complexity index is 393. The van der Waals surface area contributed by atoms with E-state index in [-0.39, 0.29) is 0 Å². The van der Waals surface area contributed by atoms with E-state index in [1.54, 1.807) is 6.07 Å². The predicted molar refractivity (Wildman–Crippen MR) is 61.7 cm³/mol. The molecule has 1 saturated carbocycles. The molecular weight excluding hydrogens is 254 g/mol. The molecule has 0 spiro atoms. The molecule has 1 aromatic carbocycles. The molecule has 0 aromatic heterocycles. The Morgan fingerprint density at radius 3 is 2.93 bits per heavy atom. The van der Waals surface area contributed by atoms with Gasteiger partial charge in [0.05, 0.1) is 12.2 Å². The minimum absolute atomic E-state index is 0.606. The largest absolute Gasteiger partial charge is 0.492 e. The predicted octanol–water partition coefficient (Wildman–Crippen LogP) is 3.50. The number of nitriles is 1. The second-order valence-corrected chi connectivity index (χ2v) is 4.75. The molecule has 0 amide bonds. The van der Waals surface area contributed by atoms with Gasteiger partial charge in [0.15, 0.2) is 0 Å². The number of hydrogen-bond acceptors (Lipinski definition) is 2. The molecular formula is C12H12BrNO. The highest BCUT2D eigenvalue weighted by Gasteiger charge is 2.20. The Morgan fingerprint density at radius 2 is 2.27 bits per heavy atom. The van der Waals surface area contributed by atoms with Gasteiger partial charge < -0.3 is 4.74 Å². The lowest BCUT2D eigenvalue weighted by Crippen LogP contribution is -1.99. The van der Waals surface area contributed by atoms with Crippen molar-refractivity contribution >= 4 is 15.9 Å². The van der Waals surface area contributed by atoms with Gasteiger partial charge in [-0.25, -0.2) is 0 Å². The fraction of sp³-hybridized carbons (Fsp3) is 0.417. The lowest BCUT2D eigenvalue weighted by Gasteiger charge is -2.07. The third kappa shape index (κ3) is 2.97. The van der Waals surface area contributed by atoms with Crippen LogP contribution in [-0.2, 0) is 0 Å². The second-order valence-electron chi connectivity index (χ2n) is 3.83. The summed E-state index contributed by atoms with van der Waals surface area (Å²) in [7, 11) is 0. The number of halogens is 1. The normalized spacial score (nSPS) is 14.7. The Morgan fingerprint density at radius 1 is 1.47 bits per heavy atom. The van der Waals surface area contributed by atoms with Crippen molar-refractivity contribution in [3.63, 3.8) is 0 Å². The summed E-state index contributed by atoms with van der Waals surface area (Å²) < 4.78 is 6.55. The van der Waals surface area contributed by atoms with Gasteiger partial charge in [-0.15, -0.1) is 0 Å². The lowest BCUT2D eigenvalue weighted by molar-refractivity contribution is 0.301. The maximum atomic E-state index is 8.88. The highest BCUT2D eigenvalue weighted by Crippen LogP contribution is 2.32. The van der Waals surface area contributed by atoms with Crippen LogP contribution in [-0.4, -0.2) is 6.61 Å². The van der Waals surface area contributed by atoms with Crippen LogP contribution in [0.5, 0.6) is 5.75 Å². The average Bonchev–Trinajstić information content (AvgIpc) is 3.02. The maximum Gasteiger partial charge on any atom is 0.138 e. The van der Waals surface area contributed by atoms with Crippen molar-refractivity contribution < 1.29 is 4.74 Å². The molecule has 1 aliphatic rings. The molecule has 3 heteroatoms. The number of nitrogens with zero attached hydrogens (tertiary/aromatic N) is 1. The first-order valence-electron chi connectivity index (χ1n) is 5.12. The summed E-state index contributed by atoms with van der Waals surface area (Å²) in [6.07, 6.45) is 3.79. The first-order chi connectivity index (χ1) is 7.29. The van der Waals surface area contributed by atoms with Crippen LogP contribution in [0.15, 0.2) is 22.7 Å². The van der Waals surface area contributed by atoms with Gasteiger partial charge >= 0.3 is 0 Å². The Hall–Kier alpha value is -1.01. The summed E-state index contributed by atoms with van der Waals surface area (Å²) in [4.78, 5) is 0. The van der Waals surface area contributed by atoms with Crippen LogP contribution in [0.1, 0.15) is 24.8 Å². The van der Waals surface area contributed by atoms with E-state index in [0.29, 0.717) is 11.3 Å². The standard InChI is InChI=1S/C12H12BrNO/c13-11-4-3-10(8-14)12(7-11)15-6-5-9-1-2-9/h3-4,7,9H,1-2,5-6H2. The fourth-order valence-corrected chi connectivity index (χ4v) is 1.79. The zero-order valence-corrected chi connectivity index (χ0v) is 9.96. The average molecular weight is 266 g/mol. The highest BCUT2D eigenvalue weighted by atomic mass is 79.9. The molecule has 0 saturated heterocycles. The molecule has 15 heavy (non-hydrogen) atoms. The van der Waals surface area contributed by atoms with Gasteiger partial charge in [0.1, 0.15) is 11.8 Å². The molecule has 0 N–H and O–H groups in total. The second kappa shape index (κ2) is 4.67. The number of hydrogen-bond donors (Lipinski definition) is 0. The fourth-order valence-electron chi connectivity index (χ4n) is 1.45. The first-order valence-corrected chi connectivity index (χ1v) is 5.91. The number of ether oxygens (including phenoxy) is 1. The molecule has 0 unspecified atom stereocenters. The van der Waals surface area contributed by atoms with E-state index in [1.807, 2.05) is 12.1 Å². The summed E-state index contributed by atoms with van der Waals surface area (Å²) in [5, 5.41) is 8.88. The van der Waals surface area contributed by atoms with E-state index in [1.165, 1.54) is 12.8 Å². The molecule has 0 radical (unpaired) electrons. The van der Waals surface area contributed by atoms with Crippen LogP contribution in [0.2, 0.25) is 0 Å². The van der Waals surface area contributed by atoms with Gasteiger partial charge in [0.2, 0.25) is 0 Å². The lowest BCUT2D eigenvalue weighted by atomic mass is 10.2. The topological polar surface area (TPSA) is 33.0 Å². The Balaban J connectivity index is 1.98. The highest BCUT2D eigenvalue weighted by molar-refractivity contribution is 9.10. The van der Waals surface area contributed by atoms with Crippen molar-refractivity contribution in [3.8, 4) is 11.8 Å². The summed E-state index contributed by atoms with van der Waals surface area (Å²) >= 11 is 3.37.